The first kappa shape index (κ1) is 17.7. The number of aromatic amines is 1. The molecule has 1 N–H and O–H groups in total. The Kier molecular flexibility index (Phi) is 4.55. The number of nitrogens with zero attached hydrogens (tertiary/aromatic N) is 1. The Labute approximate surface area is 163 Å². The van der Waals surface area contributed by atoms with Crippen molar-refractivity contribution in [1.82, 2.24) is 9.88 Å². The molecule has 1 aliphatic carbocycles. The number of halogens is 2. The topological polar surface area (TPSA) is 28.3 Å². The van der Waals surface area contributed by atoms with Crippen LogP contribution in [0.25, 0.3) is 10.9 Å². The van der Waals surface area contributed by atoms with Gasteiger partial charge in [-0.15, -0.1) is 0 Å². The summed E-state index contributed by atoms with van der Waals surface area (Å²) >= 11 is 0. The number of hydrogen-bond acceptors (Lipinski definition) is 2. The van der Waals surface area contributed by atoms with Gasteiger partial charge in [-0.25, -0.2) is 8.78 Å². The molecule has 5 heteroatoms. The zero-order valence-electron chi connectivity index (χ0n) is 15.7. The highest BCUT2D eigenvalue weighted by molar-refractivity contribution is 5.83. The van der Waals surface area contributed by atoms with Crippen LogP contribution in [-0.4, -0.2) is 35.1 Å². The molecule has 2 fully saturated rings. The molecule has 0 bridgehead atoms. The number of nitrogens with one attached hydrogen (secondary N) is 1. The number of aromatic nitrogens is 1. The quantitative estimate of drug-likeness (QED) is 0.669. The van der Waals surface area contributed by atoms with Crippen molar-refractivity contribution in [3.05, 3.63) is 65.9 Å². The molecule has 1 saturated carbocycles. The van der Waals surface area contributed by atoms with Gasteiger partial charge in [-0.1, -0.05) is 6.07 Å². The maximum absolute atomic E-state index is 13.6. The standard InChI is InChI=1S/C23H24F2N2O/c24-16-2-1-3-19(10-16)28-20-13-27(14-20)18-7-4-15(5-8-18)22-12-26-23-9-6-17(25)11-21(22)23/h1-3,6,9-12,15,18,20,26H,4-5,7-8,13-14H2. The number of benzene rings is 2. The summed E-state index contributed by atoms with van der Waals surface area (Å²) in [6.45, 7) is 1.81. The van der Waals surface area contributed by atoms with Gasteiger partial charge in [0.1, 0.15) is 23.5 Å². The maximum Gasteiger partial charge on any atom is 0.126 e. The maximum atomic E-state index is 13.6. The number of rotatable bonds is 4. The molecule has 3 nitrogen and oxygen atoms in total. The van der Waals surface area contributed by atoms with Crippen LogP contribution in [0, 0.1) is 11.6 Å². The SMILES string of the molecule is Fc1cccc(OC2CN(C3CCC(c4c[nH]c5ccc(F)cc45)CC3)C2)c1. The van der Waals surface area contributed by atoms with Crippen molar-refractivity contribution in [1.29, 1.82) is 0 Å². The van der Waals surface area contributed by atoms with E-state index in [1.54, 1.807) is 18.2 Å². The molecule has 28 heavy (non-hydrogen) atoms. The van der Waals surface area contributed by atoms with Gasteiger partial charge >= 0.3 is 0 Å². The van der Waals surface area contributed by atoms with Gasteiger partial charge in [-0.05, 0) is 67.5 Å². The fraction of sp³-hybridized carbons (Fsp3) is 0.391. The first-order valence-corrected chi connectivity index (χ1v) is 10.1. The van der Waals surface area contributed by atoms with E-state index in [1.165, 1.54) is 23.8 Å². The zero-order chi connectivity index (χ0) is 19.1. The lowest BCUT2D eigenvalue weighted by molar-refractivity contribution is -0.0202. The van der Waals surface area contributed by atoms with Crippen LogP contribution < -0.4 is 4.74 Å². The van der Waals surface area contributed by atoms with Crippen molar-refractivity contribution >= 4 is 10.9 Å². The van der Waals surface area contributed by atoms with Crippen molar-refractivity contribution in [2.45, 2.75) is 43.7 Å². The highest BCUT2D eigenvalue weighted by Gasteiger charge is 2.36. The summed E-state index contributed by atoms with van der Waals surface area (Å²) < 4.78 is 32.8. The van der Waals surface area contributed by atoms with E-state index in [0.717, 1.165) is 49.7 Å². The van der Waals surface area contributed by atoms with Gasteiger partial charge in [0.25, 0.3) is 0 Å². The summed E-state index contributed by atoms with van der Waals surface area (Å²) in [7, 11) is 0. The van der Waals surface area contributed by atoms with E-state index in [0.29, 0.717) is 17.7 Å². The third-order valence-electron chi connectivity index (χ3n) is 6.30. The van der Waals surface area contributed by atoms with Gasteiger partial charge in [0.15, 0.2) is 0 Å². The lowest BCUT2D eigenvalue weighted by atomic mass is 9.80. The first-order valence-electron chi connectivity index (χ1n) is 10.1. The molecule has 2 aliphatic rings. The fourth-order valence-electron chi connectivity index (χ4n) is 4.78. The second kappa shape index (κ2) is 7.21. The van der Waals surface area contributed by atoms with Crippen LogP contribution in [0.3, 0.4) is 0 Å². The minimum atomic E-state index is -0.260. The van der Waals surface area contributed by atoms with E-state index >= 15 is 0 Å². The predicted molar refractivity (Wildman–Crippen MR) is 106 cm³/mol. The molecule has 3 aromatic rings. The largest absolute Gasteiger partial charge is 0.488 e. The number of hydrogen-bond donors (Lipinski definition) is 1. The van der Waals surface area contributed by atoms with Gasteiger partial charge in [0.2, 0.25) is 0 Å². The number of fused-ring (bicyclic) bond motifs is 1. The number of H-pyrrole nitrogens is 1. The average molecular weight is 382 g/mol. The molecule has 0 spiro atoms. The Hall–Kier alpha value is -2.40. The lowest BCUT2D eigenvalue weighted by Crippen LogP contribution is -2.58. The van der Waals surface area contributed by atoms with Crippen LogP contribution in [0.2, 0.25) is 0 Å². The summed E-state index contributed by atoms with van der Waals surface area (Å²) in [6.07, 6.45) is 6.76. The Balaban J connectivity index is 1.15. The fourth-order valence-corrected chi connectivity index (χ4v) is 4.78. The van der Waals surface area contributed by atoms with Gasteiger partial charge in [-0.2, -0.15) is 0 Å². The van der Waals surface area contributed by atoms with Crippen molar-refractivity contribution in [2.24, 2.45) is 0 Å². The van der Waals surface area contributed by atoms with Gasteiger partial charge in [0.05, 0.1) is 0 Å². The summed E-state index contributed by atoms with van der Waals surface area (Å²) in [5.41, 5.74) is 2.27. The van der Waals surface area contributed by atoms with Crippen LogP contribution in [-0.2, 0) is 0 Å². The molecule has 5 rings (SSSR count). The van der Waals surface area contributed by atoms with E-state index < -0.39 is 0 Å². The Morgan fingerprint density at radius 1 is 0.929 bits per heavy atom. The number of ether oxygens (including phenoxy) is 1. The molecule has 0 atom stereocenters. The van der Waals surface area contributed by atoms with Gasteiger partial charge in [-0.3, -0.25) is 4.90 Å². The molecular weight excluding hydrogens is 358 g/mol. The van der Waals surface area contributed by atoms with Crippen LogP contribution >= 0.6 is 0 Å². The van der Waals surface area contributed by atoms with Crippen molar-refractivity contribution in [3.8, 4) is 5.75 Å². The minimum absolute atomic E-state index is 0.149. The van der Waals surface area contributed by atoms with Crippen molar-refractivity contribution < 1.29 is 13.5 Å². The monoisotopic (exact) mass is 382 g/mol. The van der Waals surface area contributed by atoms with Crippen LogP contribution in [0.4, 0.5) is 8.78 Å². The summed E-state index contributed by atoms with van der Waals surface area (Å²) in [5, 5.41) is 1.02. The lowest BCUT2D eigenvalue weighted by Gasteiger charge is -2.46. The molecule has 2 aromatic carbocycles. The third kappa shape index (κ3) is 3.39. The molecule has 0 radical (unpaired) electrons. The van der Waals surface area contributed by atoms with E-state index in [9.17, 15) is 8.78 Å². The third-order valence-corrected chi connectivity index (χ3v) is 6.30. The van der Waals surface area contributed by atoms with Crippen LogP contribution in [0.1, 0.15) is 37.2 Å². The second-order valence-corrected chi connectivity index (χ2v) is 8.09. The van der Waals surface area contributed by atoms with Gasteiger partial charge < -0.3 is 9.72 Å². The van der Waals surface area contributed by atoms with Crippen LogP contribution in [0.5, 0.6) is 5.75 Å². The smallest absolute Gasteiger partial charge is 0.126 e. The average Bonchev–Trinajstić information content (AvgIpc) is 3.08. The highest BCUT2D eigenvalue weighted by atomic mass is 19.1. The zero-order valence-corrected chi connectivity index (χ0v) is 15.7. The molecule has 146 valence electrons. The summed E-state index contributed by atoms with van der Waals surface area (Å²) in [6, 6.07) is 11.9. The predicted octanol–water partition coefficient (Wildman–Crippen LogP) is 5.24. The normalized spacial score (nSPS) is 23.6. The molecule has 1 saturated heterocycles. The Morgan fingerprint density at radius 3 is 2.50 bits per heavy atom. The molecule has 2 heterocycles. The Morgan fingerprint density at radius 2 is 1.71 bits per heavy atom. The first-order chi connectivity index (χ1) is 13.7. The molecule has 0 amide bonds. The van der Waals surface area contributed by atoms with E-state index in [4.69, 9.17) is 4.74 Å². The van der Waals surface area contributed by atoms with E-state index in [1.807, 2.05) is 6.07 Å². The molecule has 0 unspecified atom stereocenters. The molecule has 1 aromatic heterocycles. The second-order valence-electron chi connectivity index (χ2n) is 8.09. The Bertz CT molecular complexity index is 972. The summed E-state index contributed by atoms with van der Waals surface area (Å²) in [4.78, 5) is 5.76. The van der Waals surface area contributed by atoms with E-state index in [-0.39, 0.29) is 17.7 Å². The summed E-state index contributed by atoms with van der Waals surface area (Å²) in [5.74, 6) is 0.670. The van der Waals surface area contributed by atoms with Gasteiger partial charge in [0, 0.05) is 42.3 Å². The molecule has 1 aliphatic heterocycles. The van der Waals surface area contributed by atoms with E-state index in [2.05, 4.69) is 16.1 Å². The molecular formula is C23H24F2N2O. The van der Waals surface area contributed by atoms with Crippen molar-refractivity contribution in [2.75, 3.05) is 13.1 Å². The number of likely N-dealkylation sites (tertiary alicyclic amines) is 1. The van der Waals surface area contributed by atoms with Crippen molar-refractivity contribution in [3.63, 3.8) is 0 Å². The highest BCUT2D eigenvalue weighted by Crippen LogP contribution is 2.39. The minimum Gasteiger partial charge on any atom is -0.488 e. The van der Waals surface area contributed by atoms with Crippen LogP contribution in [0.15, 0.2) is 48.7 Å².